The lowest BCUT2D eigenvalue weighted by Crippen LogP contribution is -2.19. The molecule has 0 bridgehead atoms. The van der Waals surface area contributed by atoms with E-state index < -0.39 is 11.7 Å². The highest BCUT2D eigenvalue weighted by Crippen LogP contribution is 2.35. The zero-order chi connectivity index (χ0) is 14.0. The second kappa shape index (κ2) is 4.88. The molecule has 8 heteroatoms. The van der Waals surface area contributed by atoms with Crippen molar-refractivity contribution in [2.24, 2.45) is 5.73 Å². The summed E-state index contributed by atoms with van der Waals surface area (Å²) in [6.45, 7) is 0. The summed E-state index contributed by atoms with van der Waals surface area (Å²) in [5, 5.41) is 2.38. The van der Waals surface area contributed by atoms with E-state index in [9.17, 15) is 13.2 Å². The van der Waals surface area contributed by atoms with Gasteiger partial charge in [0.25, 0.3) is 0 Å². The van der Waals surface area contributed by atoms with Crippen LogP contribution in [0.5, 0.6) is 0 Å². The monoisotopic (exact) mass is 286 g/mol. The number of rotatable bonds is 2. The van der Waals surface area contributed by atoms with Crippen LogP contribution in [0, 0.1) is 0 Å². The minimum atomic E-state index is -4.49. The topological polar surface area (TPSA) is 55.9 Å². The quantitative estimate of drug-likeness (QED) is 0.833. The number of nitrogens with zero attached hydrogens (tertiary/aromatic N) is 2. The zero-order valence-electron chi connectivity index (χ0n) is 9.48. The van der Waals surface area contributed by atoms with Crippen molar-refractivity contribution in [1.29, 1.82) is 0 Å². The SMILES string of the molecule is NC(=S)Nc1ccc(-n2ccnc2)c(C(F)(F)F)c1. The summed E-state index contributed by atoms with van der Waals surface area (Å²) in [4.78, 5) is 3.73. The molecule has 19 heavy (non-hydrogen) atoms. The molecule has 0 spiro atoms. The second-order valence-electron chi connectivity index (χ2n) is 3.69. The van der Waals surface area contributed by atoms with Crippen LogP contribution in [0.25, 0.3) is 5.69 Å². The van der Waals surface area contributed by atoms with Gasteiger partial charge in [-0.1, -0.05) is 0 Å². The Morgan fingerprint density at radius 3 is 2.63 bits per heavy atom. The van der Waals surface area contributed by atoms with Crippen LogP contribution >= 0.6 is 12.2 Å². The van der Waals surface area contributed by atoms with Crippen molar-refractivity contribution in [3.8, 4) is 5.69 Å². The first-order valence-corrected chi connectivity index (χ1v) is 5.55. The highest BCUT2D eigenvalue weighted by Gasteiger charge is 2.34. The highest BCUT2D eigenvalue weighted by molar-refractivity contribution is 7.80. The minimum absolute atomic E-state index is 0.0153. The van der Waals surface area contributed by atoms with Gasteiger partial charge in [0.1, 0.15) is 0 Å². The molecule has 0 fully saturated rings. The summed E-state index contributed by atoms with van der Waals surface area (Å²) in [6.07, 6.45) is -0.356. The van der Waals surface area contributed by atoms with E-state index in [4.69, 9.17) is 5.73 Å². The molecule has 0 aliphatic carbocycles. The Bertz CT molecular complexity index is 592. The number of nitrogens with two attached hydrogens (primary N) is 1. The van der Waals surface area contributed by atoms with E-state index in [1.54, 1.807) is 0 Å². The smallest absolute Gasteiger partial charge is 0.376 e. The zero-order valence-corrected chi connectivity index (χ0v) is 10.3. The van der Waals surface area contributed by atoms with Gasteiger partial charge < -0.3 is 15.6 Å². The van der Waals surface area contributed by atoms with Gasteiger partial charge in [0.15, 0.2) is 5.11 Å². The molecule has 4 nitrogen and oxygen atoms in total. The van der Waals surface area contributed by atoms with E-state index >= 15 is 0 Å². The number of imidazole rings is 1. The Labute approximate surface area is 112 Å². The van der Waals surface area contributed by atoms with Crippen LogP contribution in [0.2, 0.25) is 0 Å². The Balaban J connectivity index is 2.53. The molecule has 100 valence electrons. The molecule has 0 aliphatic rings. The van der Waals surface area contributed by atoms with Crippen LogP contribution in [0.3, 0.4) is 0 Å². The van der Waals surface area contributed by atoms with E-state index in [1.807, 2.05) is 0 Å². The van der Waals surface area contributed by atoms with Gasteiger partial charge in [0.2, 0.25) is 0 Å². The van der Waals surface area contributed by atoms with Crippen molar-refractivity contribution in [2.75, 3.05) is 5.32 Å². The first-order valence-electron chi connectivity index (χ1n) is 5.14. The molecular weight excluding hydrogens is 277 g/mol. The first kappa shape index (κ1) is 13.3. The predicted molar refractivity (Wildman–Crippen MR) is 69.0 cm³/mol. The fourth-order valence-electron chi connectivity index (χ4n) is 1.61. The van der Waals surface area contributed by atoms with Crippen LogP contribution in [-0.4, -0.2) is 14.7 Å². The largest absolute Gasteiger partial charge is 0.418 e. The van der Waals surface area contributed by atoms with Crippen LogP contribution < -0.4 is 11.1 Å². The molecule has 3 N–H and O–H groups in total. The number of anilines is 1. The van der Waals surface area contributed by atoms with Crippen molar-refractivity contribution in [1.82, 2.24) is 9.55 Å². The molecule has 0 amide bonds. The third-order valence-electron chi connectivity index (χ3n) is 2.35. The van der Waals surface area contributed by atoms with Gasteiger partial charge >= 0.3 is 6.18 Å². The fourth-order valence-corrected chi connectivity index (χ4v) is 1.73. The second-order valence-corrected chi connectivity index (χ2v) is 4.13. The summed E-state index contributed by atoms with van der Waals surface area (Å²) >= 11 is 4.60. The number of aromatic nitrogens is 2. The maximum atomic E-state index is 13.0. The number of benzene rings is 1. The van der Waals surface area contributed by atoms with E-state index in [2.05, 4.69) is 22.5 Å². The third kappa shape index (κ3) is 3.02. The lowest BCUT2D eigenvalue weighted by Gasteiger charge is -2.15. The molecule has 0 unspecified atom stereocenters. The normalized spacial score (nSPS) is 11.3. The maximum absolute atomic E-state index is 13.0. The summed E-state index contributed by atoms with van der Waals surface area (Å²) in [5.74, 6) is 0. The summed E-state index contributed by atoms with van der Waals surface area (Å²) in [7, 11) is 0. The Kier molecular flexibility index (Phi) is 3.43. The Morgan fingerprint density at radius 2 is 2.11 bits per heavy atom. The average molecular weight is 286 g/mol. The number of thiocarbonyl (C=S) groups is 1. The van der Waals surface area contributed by atoms with Crippen LogP contribution in [0.4, 0.5) is 18.9 Å². The highest BCUT2D eigenvalue weighted by atomic mass is 32.1. The van der Waals surface area contributed by atoms with Crippen LogP contribution in [0.1, 0.15) is 5.56 Å². The summed E-state index contributed by atoms with van der Waals surface area (Å²) in [6, 6.07) is 3.74. The van der Waals surface area contributed by atoms with E-state index in [1.165, 1.54) is 35.4 Å². The van der Waals surface area contributed by atoms with E-state index in [0.29, 0.717) is 0 Å². The molecule has 0 radical (unpaired) electrons. The van der Waals surface area contributed by atoms with Gasteiger partial charge in [-0.3, -0.25) is 0 Å². The summed E-state index contributed by atoms with van der Waals surface area (Å²) in [5.41, 5.74) is 4.61. The lowest BCUT2D eigenvalue weighted by atomic mass is 10.1. The van der Waals surface area contributed by atoms with Crippen molar-refractivity contribution in [2.45, 2.75) is 6.18 Å². The molecule has 1 aromatic carbocycles. The van der Waals surface area contributed by atoms with Crippen LogP contribution in [0.15, 0.2) is 36.9 Å². The van der Waals surface area contributed by atoms with E-state index in [0.717, 1.165) is 6.07 Å². The van der Waals surface area contributed by atoms with Crippen molar-refractivity contribution < 1.29 is 13.2 Å². The van der Waals surface area contributed by atoms with Gasteiger partial charge in [-0.25, -0.2) is 4.98 Å². The van der Waals surface area contributed by atoms with Gasteiger partial charge in [-0.05, 0) is 30.4 Å². The Hall–Kier alpha value is -2.09. The molecule has 1 aromatic heterocycles. The third-order valence-corrected chi connectivity index (χ3v) is 2.45. The molecule has 2 rings (SSSR count). The van der Waals surface area contributed by atoms with Gasteiger partial charge in [0.05, 0.1) is 17.6 Å². The van der Waals surface area contributed by atoms with Gasteiger partial charge in [-0.15, -0.1) is 0 Å². The number of hydrogen-bond acceptors (Lipinski definition) is 2. The standard InChI is InChI=1S/C11H9F3N4S/c12-11(13,14)8-5-7(17-10(15)19)1-2-9(8)18-4-3-16-6-18/h1-6H,(H3,15,17,19). The average Bonchev–Trinajstić information content (AvgIpc) is 2.80. The molecule has 0 atom stereocenters. The van der Waals surface area contributed by atoms with Gasteiger partial charge in [0, 0.05) is 18.1 Å². The van der Waals surface area contributed by atoms with Crippen molar-refractivity contribution in [3.63, 3.8) is 0 Å². The number of halogens is 3. The summed E-state index contributed by atoms with van der Waals surface area (Å²) < 4.78 is 40.4. The minimum Gasteiger partial charge on any atom is -0.376 e. The van der Waals surface area contributed by atoms with Crippen molar-refractivity contribution in [3.05, 3.63) is 42.5 Å². The lowest BCUT2D eigenvalue weighted by molar-refractivity contribution is -0.137. The first-order chi connectivity index (χ1) is 8.88. The molecule has 0 saturated heterocycles. The predicted octanol–water partition coefficient (Wildman–Crippen LogP) is 2.55. The number of alkyl halides is 3. The molecule has 1 heterocycles. The molecule has 0 saturated carbocycles. The van der Waals surface area contributed by atoms with Crippen LogP contribution in [-0.2, 0) is 6.18 Å². The molecular formula is C11H9F3N4S. The number of nitrogens with one attached hydrogen (secondary N) is 1. The van der Waals surface area contributed by atoms with E-state index in [-0.39, 0.29) is 16.5 Å². The maximum Gasteiger partial charge on any atom is 0.418 e. The fraction of sp³-hybridized carbons (Fsp3) is 0.0909. The van der Waals surface area contributed by atoms with Gasteiger partial charge in [-0.2, -0.15) is 13.2 Å². The van der Waals surface area contributed by atoms with Crippen molar-refractivity contribution >= 4 is 23.0 Å². The molecule has 2 aromatic rings. The Morgan fingerprint density at radius 1 is 1.37 bits per heavy atom. The number of hydrogen-bond donors (Lipinski definition) is 2. The molecule has 0 aliphatic heterocycles.